The van der Waals surface area contributed by atoms with Crippen molar-refractivity contribution < 1.29 is 0 Å². The molecule has 1 aromatic rings. The highest BCUT2D eigenvalue weighted by Crippen LogP contribution is 2.25. The Bertz CT molecular complexity index is 305. The number of hydrogen-bond acceptors (Lipinski definition) is 2. The van der Waals surface area contributed by atoms with Crippen molar-refractivity contribution in [2.24, 2.45) is 5.73 Å². The summed E-state index contributed by atoms with van der Waals surface area (Å²) in [5, 5.41) is 0. The highest BCUT2D eigenvalue weighted by atomic mass is 14.7. The van der Waals surface area contributed by atoms with Gasteiger partial charge < -0.3 is 5.73 Å². The van der Waals surface area contributed by atoms with Crippen LogP contribution in [0.3, 0.4) is 0 Å². The molecule has 0 aliphatic heterocycles. The van der Waals surface area contributed by atoms with E-state index in [0.717, 1.165) is 0 Å². The highest BCUT2D eigenvalue weighted by Gasteiger charge is 2.14. The fourth-order valence-corrected chi connectivity index (χ4v) is 2.08. The lowest BCUT2D eigenvalue weighted by atomic mass is 9.88. The summed E-state index contributed by atoms with van der Waals surface area (Å²) in [7, 11) is 0. The molecule has 2 heteroatoms. The predicted octanol–water partition coefficient (Wildman–Crippen LogP) is 1.98. The average molecular weight is 176 g/mol. The van der Waals surface area contributed by atoms with Crippen LogP contribution in [0.25, 0.3) is 0 Å². The van der Waals surface area contributed by atoms with Gasteiger partial charge in [-0.15, -0.1) is 0 Å². The topological polar surface area (TPSA) is 38.9 Å². The number of hydrogen-bond donors (Lipinski definition) is 1. The predicted molar refractivity (Wildman–Crippen MR) is 53.5 cm³/mol. The molecule has 1 aliphatic carbocycles. The minimum Gasteiger partial charge on any atom is -0.324 e. The number of aryl methyl sites for hydroxylation is 1. The molecule has 1 heterocycles. The van der Waals surface area contributed by atoms with E-state index in [2.05, 4.69) is 4.98 Å². The molecule has 0 fully saturated rings. The summed E-state index contributed by atoms with van der Waals surface area (Å²) in [5.74, 6) is 0. The molecule has 70 valence electrons. The standard InChI is InChI=1S/C11H16N2/c1-8(12)11-7-13-6-9-4-2-3-5-10(9)11/h6-8H,2-5,12H2,1H3/t8-/m0/s1. The molecule has 0 aromatic carbocycles. The lowest BCUT2D eigenvalue weighted by Crippen LogP contribution is -2.13. The van der Waals surface area contributed by atoms with Gasteiger partial charge in [0, 0.05) is 18.4 Å². The number of fused-ring (bicyclic) bond motifs is 1. The highest BCUT2D eigenvalue weighted by molar-refractivity contribution is 5.35. The molecule has 13 heavy (non-hydrogen) atoms. The Hall–Kier alpha value is -0.890. The quantitative estimate of drug-likeness (QED) is 0.710. The smallest absolute Gasteiger partial charge is 0.0318 e. The lowest BCUT2D eigenvalue weighted by molar-refractivity contribution is 0.661. The maximum absolute atomic E-state index is 5.90. The molecule has 0 radical (unpaired) electrons. The third-order valence-electron chi connectivity index (χ3n) is 2.79. The first kappa shape index (κ1) is 8.70. The molecule has 1 atom stereocenters. The largest absolute Gasteiger partial charge is 0.324 e. The molecular weight excluding hydrogens is 160 g/mol. The summed E-state index contributed by atoms with van der Waals surface area (Å²) in [6, 6.07) is 0.126. The van der Waals surface area contributed by atoms with E-state index >= 15 is 0 Å². The van der Waals surface area contributed by atoms with E-state index in [-0.39, 0.29) is 6.04 Å². The Morgan fingerprint density at radius 1 is 1.31 bits per heavy atom. The van der Waals surface area contributed by atoms with Gasteiger partial charge in [-0.1, -0.05) is 0 Å². The van der Waals surface area contributed by atoms with Gasteiger partial charge in [-0.2, -0.15) is 0 Å². The van der Waals surface area contributed by atoms with E-state index in [0.29, 0.717) is 0 Å². The zero-order chi connectivity index (χ0) is 9.26. The summed E-state index contributed by atoms with van der Waals surface area (Å²) >= 11 is 0. The number of nitrogens with zero attached hydrogens (tertiary/aromatic N) is 1. The summed E-state index contributed by atoms with van der Waals surface area (Å²) in [4.78, 5) is 4.24. The van der Waals surface area contributed by atoms with Gasteiger partial charge in [0.25, 0.3) is 0 Å². The third-order valence-corrected chi connectivity index (χ3v) is 2.79. The zero-order valence-electron chi connectivity index (χ0n) is 8.09. The van der Waals surface area contributed by atoms with Crippen LogP contribution in [0.2, 0.25) is 0 Å². The molecule has 2 rings (SSSR count). The van der Waals surface area contributed by atoms with Gasteiger partial charge in [0.15, 0.2) is 0 Å². The first-order chi connectivity index (χ1) is 6.29. The molecule has 0 saturated heterocycles. The summed E-state index contributed by atoms with van der Waals surface area (Å²) in [6.07, 6.45) is 8.90. The maximum Gasteiger partial charge on any atom is 0.0318 e. The van der Waals surface area contributed by atoms with Gasteiger partial charge in [0.05, 0.1) is 0 Å². The SMILES string of the molecule is C[C@H](N)c1cncc2c1CCCC2. The van der Waals surface area contributed by atoms with Crippen molar-refractivity contribution in [3.8, 4) is 0 Å². The molecule has 0 unspecified atom stereocenters. The van der Waals surface area contributed by atoms with E-state index in [1.807, 2.05) is 19.3 Å². The second-order valence-corrected chi connectivity index (χ2v) is 3.86. The summed E-state index contributed by atoms with van der Waals surface area (Å²) in [6.45, 7) is 2.03. The molecule has 2 nitrogen and oxygen atoms in total. The summed E-state index contributed by atoms with van der Waals surface area (Å²) in [5.41, 5.74) is 10.0. The van der Waals surface area contributed by atoms with Gasteiger partial charge in [0.2, 0.25) is 0 Å². The van der Waals surface area contributed by atoms with Gasteiger partial charge in [0.1, 0.15) is 0 Å². The van der Waals surface area contributed by atoms with Crippen LogP contribution in [-0.4, -0.2) is 4.98 Å². The first-order valence-corrected chi connectivity index (χ1v) is 5.00. The van der Waals surface area contributed by atoms with Crippen LogP contribution < -0.4 is 5.73 Å². The van der Waals surface area contributed by atoms with E-state index in [1.54, 1.807) is 0 Å². The summed E-state index contributed by atoms with van der Waals surface area (Å²) < 4.78 is 0. The molecule has 1 aromatic heterocycles. The zero-order valence-corrected chi connectivity index (χ0v) is 8.09. The maximum atomic E-state index is 5.90. The van der Waals surface area contributed by atoms with Crippen molar-refractivity contribution in [2.75, 3.05) is 0 Å². The van der Waals surface area contributed by atoms with Crippen molar-refractivity contribution in [2.45, 2.75) is 38.6 Å². The molecule has 0 saturated carbocycles. The number of nitrogens with two attached hydrogens (primary N) is 1. The number of rotatable bonds is 1. The van der Waals surface area contributed by atoms with Crippen molar-refractivity contribution >= 4 is 0 Å². The van der Waals surface area contributed by atoms with E-state index in [1.165, 1.54) is 42.4 Å². The monoisotopic (exact) mass is 176 g/mol. The van der Waals surface area contributed by atoms with Crippen LogP contribution in [0, 0.1) is 0 Å². The van der Waals surface area contributed by atoms with Crippen molar-refractivity contribution in [3.05, 3.63) is 29.1 Å². The van der Waals surface area contributed by atoms with Crippen LogP contribution in [0.1, 0.15) is 42.5 Å². The van der Waals surface area contributed by atoms with Crippen LogP contribution in [0.5, 0.6) is 0 Å². The van der Waals surface area contributed by atoms with Crippen LogP contribution in [0.15, 0.2) is 12.4 Å². The van der Waals surface area contributed by atoms with Gasteiger partial charge >= 0.3 is 0 Å². The van der Waals surface area contributed by atoms with E-state index < -0.39 is 0 Å². The van der Waals surface area contributed by atoms with E-state index in [9.17, 15) is 0 Å². The van der Waals surface area contributed by atoms with Crippen molar-refractivity contribution in [1.82, 2.24) is 4.98 Å². The molecule has 2 N–H and O–H groups in total. The van der Waals surface area contributed by atoms with Gasteiger partial charge in [-0.25, -0.2) is 0 Å². The second kappa shape index (κ2) is 3.46. The minimum atomic E-state index is 0.126. The van der Waals surface area contributed by atoms with Crippen LogP contribution in [0.4, 0.5) is 0 Å². The minimum absolute atomic E-state index is 0.126. The molecule has 0 bridgehead atoms. The van der Waals surface area contributed by atoms with Crippen molar-refractivity contribution in [3.63, 3.8) is 0 Å². The Morgan fingerprint density at radius 2 is 2.08 bits per heavy atom. The molecule has 1 aliphatic rings. The Morgan fingerprint density at radius 3 is 2.85 bits per heavy atom. The van der Waals surface area contributed by atoms with Crippen LogP contribution in [-0.2, 0) is 12.8 Å². The lowest BCUT2D eigenvalue weighted by Gasteiger charge is -2.20. The normalized spacial score (nSPS) is 18.0. The fourth-order valence-electron chi connectivity index (χ4n) is 2.08. The molecular formula is C11H16N2. The van der Waals surface area contributed by atoms with Crippen LogP contribution >= 0.6 is 0 Å². The van der Waals surface area contributed by atoms with Gasteiger partial charge in [-0.3, -0.25) is 4.98 Å². The van der Waals surface area contributed by atoms with Gasteiger partial charge in [-0.05, 0) is 49.3 Å². The number of pyridine rings is 1. The fraction of sp³-hybridized carbons (Fsp3) is 0.545. The molecule has 0 amide bonds. The van der Waals surface area contributed by atoms with E-state index in [4.69, 9.17) is 5.73 Å². The second-order valence-electron chi connectivity index (χ2n) is 3.86. The average Bonchev–Trinajstić information content (AvgIpc) is 2.17. The first-order valence-electron chi connectivity index (χ1n) is 5.00. The Kier molecular flexibility index (Phi) is 2.32. The molecule has 0 spiro atoms. The van der Waals surface area contributed by atoms with Crippen molar-refractivity contribution in [1.29, 1.82) is 0 Å². The number of aromatic nitrogens is 1. The third kappa shape index (κ3) is 1.59. The Labute approximate surface area is 79.2 Å². The Balaban J connectivity index is 2.46.